The molecule has 55 heavy (non-hydrogen) atoms. The lowest BCUT2D eigenvalue weighted by atomic mass is 9.88. The van der Waals surface area contributed by atoms with Crippen LogP contribution in [0.5, 0.6) is 0 Å². The van der Waals surface area contributed by atoms with E-state index in [1.807, 2.05) is 6.08 Å². The van der Waals surface area contributed by atoms with Crippen LogP contribution in [0.2, 0.25) is 0 Å². The Balaban J connectivity index is 2.22. The fraction of sp³-hybridized carbons (Fsp3) is 0.907. The average Bonchev–Trinajstić information content (AvgIpc) is 3.39. The fourth-order valence-electron chi connectivity index (χ4n) is 7.48. The minimum absolute atomic E-state index is 0.0884. The van der Waals surface area contributed by atoms with Gasteiger partial charge in [-0.25, -0.2) is 4.57 Å². The fourth-order valence-corrected chi connectivity index (χ4v) is 7.84. The maximum absolute atomic E-state index is 12.5. The second kappa shape index (κ2) is 32.6. The molecule has 6 atom stereocenters. The van der Waals surface area contributed by atoms with Crippen molar-refractivity contribution in [3.05, 3.63) is 12.2 Å². The van der Waals surface area contributed by atoms with E-state index < -0.39 is 50.8 Å². The monoisotopic (exact) mass is 805 g/mol. The zero-order chi connectivity index (χ0) is 40.7. The zero-order valence-electron chi connectivity index (χ0n) is 34.8. The van der Waals surface area contributed by atoms with E-state index in [1.54, 1.807) is 6.08 Å². The first-order valence-corrected chi connectivity index (χ1v) is 23.6. The molecule has 0 radical (unpaired) electrons. The molecule has 0 bridgehead atoms. The quantitative estimate of drug-likeness (QED) is 0.0176. The topological polar surface area (TPSA) is 180 Å². The number of esters is 2. The number of phosphoric ester groups is 1. The summed E-state index contributed by atoms with van der Waals surface area (Å²) in [5.74, 6) is -0.492. The van der Waals surface area contributed by atoms with E-state index in [0.717, 1.165) is 70.1 Å². The second-order valence-electron chi connectivity index (χ2n) is 16.5. The van der Waals surface area contributed by atoms with Gasteiger partial charge in [-0.05, 0) is 37.5 Å². The van der Waals surface area contributed by atoms with Crippen LogP contribution < -0.4 is 0 Å². The van der Waals surface area contributed by atoms with E-state index in [1.165, 1.54) is 70.6 Å². The molecule has 1 rings (SSSR count). The number of hydrogen-bond donors (Lipinski definition) is 5. The van der Waals surface area contributed by atoms with Crippen molar-refractivity contribution in [2.45, 2.75) is 219 Å². The van der Waals surface area contributed by atoms with Gasteiger partial charge in [0.2, 0.25) is 0 Å². The molecule has 0 aromatic rings. The van der Waals surface area contributed by atoms with Gasteiger partial charge in [0.05, 0.1) is 24.9 Å². The number of carbonyl (C=O) groups is 2. The van der Waals surface area contributed by atoms with Crippen molar-refractivity contribution in [1.82, 2.24) is 0 Å². The van der Waals surface area contributed by atoms with Gasteiger partial charge in [0.15, 0.2) is 6.10 Å². The molecule has 0 aromatic heterocycles. The second-order valence-corrected chi connectivity index (χ2v) is 17.7. The van der Waals surface area contributed by atoms with Crippen LogP contribution in [0.3, 0.4) is 0 Å². The summed E-state index contributed by atoms with van der Waals surface area (Å²) < 4.78 is 26.5. The molecule has 11 nitrogen and oxygen atoms in total. The molecule has 1 aliphatic rings. The Morgan fingerprint density at radius 1 is 0.691 bits per heavy atom. The number of unbranched alkanes of at least 4 members (excludes halogenated alkanes) is 18. The smallest absolute Gasteiger partial charge is 0.462 e. The Morgan fingerprint density at radius 3 is 1.75 bits per heavy atom. The predicted molar refractivity (Wildman–Crippen MR) is 218 cm³/mol. The number of phosphoric acid groups is 1. The van der Waals surface area contributed by atoms with Crippen LogP contribution in [0.25, 0.3) is 0 Å². The van der Waals surface area contributed by atoms with Crippen molar-refractivity contribution in [3.63, 3.8) is 0 Å². The molecule has 0 spiro atoms. The van der Waals surface area contributed by atoms with Crippen LogP contribution in [-0.4, -0.2) is 74.7 Å². The summed E-state index contributed by atoms with van der Waals surface area (Å²) in [5.41, 5.74) is 0. The molecule has 12 heteroatoms. The standard InChI is InChI=1S/C43H81O11P/c1-4-5-20-26-36(44)30-31-39-38(40(45)32-41(39)46)27-22-18-19-24-29-43(48)54-37(34-53-55(49,50)51)33-52-42(47)28-23-17-15-13-11-9-7-6-8-10-12-14-16-21-25-35(2)3/h30-31,35-41,44-46H,4-29,32-34H2,1-3H3,(H2,49,50,51)/b31-30+/t36-,37+,38+,39+,40-,41+/m0/s1. The molecule has 324 valence electrons. The van der Waals surface area contributed by atoms with Gasteiger partial charge in [-0.1, -0.05) is 161 Å². The third kappa shape index (κ3) is 29.5. The lowest BCUT2D eigenvalue weighted by molar-refractivity contribution is -0.161. The van der Waals surface area contributed by atoms with Crippen LogP contribution in [0, 0.1) is 17.8 Å². The Labute approximate surface area is 334 Å². The molecule has 1 saturated carbocycles. The van der Waals surface area contributed by atoms with Gasteiger partial charge in [0, 0.05) is 25.2 Å². The molecule has 0 saturated heterocycles. The molecule has 0 amide bonds. The van der Waals surface area contributed by atoms with E-state index >= 15 is 0 Å². The van der Waals surface area contributed by atoms with Crippen LogP contribution in [0.15, 0.2) is 12.2 Å². The van der Waals surface area contributed by atoms with Gasteiger partial charge in [-0.15, -0.1) is 0 Å². The summed E-state index contributed by atoms with van der Waals surface area (Å²) >= 11 is 0. The maximum atomic E-state index is 12.5. The van der Waals surface area contributed by atoms with Crippen molar-refractivity contribution in [2.24, 2.45) is 17.8 Å². The van der Waals surface area contributed by atoms with Crippen molar-refractivity contribution in [1.29, 1.82) is 0 Å². The van der Waals surface area contributed by atoms with Crippen LogP contribution in [-0.2, 0) is 28.2 Å². The number of aliphatic hydroxyl groups excluding tert-OH is 3. The summed E-state index contributed by atoms with van der Waals surface area (Å²) in [6.07, 6.45) is 27.1. The summed E-state index contributed by atoms with van der Waals surface area (Å²) in [6, 6.07) is 0. The summed E-state index contributed by atoms with van der Waals surface area (Å²) in [4.78, 5) is 43.1. The summed E-state index contributed by atoms with van der Waals surface area (Å²) in [6.45, 7) is 5.76. The normalized spacial score (nSPS) is 20.0. The number of ether oxygens (including phenoxy) is 2. The van der Waals surface area contributed by atoms with Crippen LogP contribution in [0.4, 0.5) is 0 Å². The molecule has 1 aliphatic carbocycles. The first-order valence-electron chi connectivity index (χ1n) is 22.1. The van der Waals surface area contributed by atoms with Crippen molar-refractivity contribution < 1.29 is 53.3 Å². The zero-order valence-corrected chi connectivity index (χ0v) is 35.7. The van der Waals surface area contributed by atoms with Crippen molar-refractivity contribution in [2.75, 3.05) is 13.2 Å². The lowest BCUT2D eigenvalue weighted by Gasteiger charge is -2.21. The number of rotatable bonds is 36. The Morgan fingerprint density at radius 2 is 1.20 bits per heavy atom. The molecule has 0 aromatic carbocycles. The SMILES string of the molecule is CCCCC[C@H](O)/C=C/[C@@H]1[C@@H](CCCCCCC(=O)O[C@H](COC(=O)CCCCCCCCCCCCCCCCC(C)C)COP(=O)(O)O)[C@@H](O)C[C@H]1O. The Bertz CT molecular complexity index is 1030. The highest BCUT2D eigenvalue weighted by atomic mass is 31.2. The van der Waals surface area contributed by atoms with E-state index in [0.29, 0.717) is 25.7 Å². The average molecular weight is 805 g/mol. The minimum atomic E-state index is -4.81. The van der Waals surface area contributed by atoms with Gasteiger partial charge < -0.3 is 34.6 Å². The third-order valence-electron chi connectivity index (χ3n) is 10.8. The first-order chi connectivity index (χ1) is 26.3. The molecular weight excluding hydrogens is 723 g/mol. The van der Waals surface area contributed by atoms with Gasteiger partial charge in [0.25, 0.3) is 0 Å². The largest absolute Gasteiger partial charge is 0.469 e. The molecule has 0 heterocycles. The lowest BCUT2D eigenvalue weighted by Crippen LogP contribution is -2.29. The van der Waals surface area contributed by atoms with Crippen molar-refractivity contribution in [3.8, 4) is 0 Å². The Kier molecular flexibility index (Phi) is 30.6. The van der Waals surface area contributed by atoms with Crippen LogP contribution in [0.1, 0.15) is 194 Å². The van der Waals surface area contributed by atoms with E-state index in [4.69, 9.17) is 19.3 Å². The van der Waals surface area contributed by atoms with E-state index in [-0.39, 0.29) is 31.3 Å². The Hall–Kier alpha value is -1.33. The first kappa shape index (κ1) is 51.7. The molecule has 1 fully saturated rings. The van der Waals surface area contributed by atoms with Gasteiger partial charge >= 0.3 is 19.8 Å². The number of aliphatic hydroxyl groups is 3. The predicted octanol–water partition coefficient (Wildman–Crippen LogP) is 9.64. The number of carbonyl (C=O) groups excluding carboxylic acids is 2. The summed E-state index contributed by atoms with van der Waals surface area (Å²) in [7, 11) is -4.81. The highest BCUT2D eigenvalue weighted by molar-refractivity contribution is 7.46. The van der Waals surface area contributed by atoms with Crippen LogP contribution >= 0.6 is 7.82 Å². The van der Waals surface area contributed by atoms with Gasteiger partial charge in [-0.3, -0.25) is 14.1 Å². The van der Waals surface area contributed by atoms with Gasteiger partial charge in [-0.2, -0.15) is 0 Å². The van der Waals surface area contributed by atoms with E-state index in [2.05, 4.69) is 25.3 Å². The molecule has 0 aliphatic heterocycles. The van der Waals surface area contributed by atoms with Crippen molar-refractivity contribution >= 4 is 19.8 Å². The molecule has 0 unspecified atom stereocenters. The van der Waals surface area contributed by atoms with Gasteiger partial charge in [0.1, 0.15) is 6.61 Å². The highest BCUT2D eigenvalue weighted by Crippen LogP contribution is 2.38. The highest BCUT2D eigenvalue weighted by Gasteiger charge is 2.39. The maximum Gasteiger partial charge on any atom is 0.469 e. The minimum Gasteiger partial charge on any atom is -0.462 e. The number of hydrogen-bond acceptors (Lipinski definition) is 9. The third-order valence-corrected chi connectivity index (χ3v) is 11.3. The van der Waals surface area contributed by atoms with E-state index in [9.17, 15) is 29.5 Å². The molecular formula is C43H81O11P. The summed E-state index contributed by atoms with van der Waals surface area (Å²) in [5, 5.41) is 31.3. The molecule has 5 N–H and O–H groups in total.